The van der Waals surface area contributed by atoms with Crippen molar-refractivity contribution in [2.24, 2.45) is 5.10 Å². The number of carbonyl (C=O) groups excluding carboxylic acids is 1. The van der Waals surface area contributed by atoms with Gasteiger partial charge in [-0.1, -0.05) is 81.6 Å². The van der Waals surface area contributed by atoms with Gasteiger partial charge in [0.15, 0.2) is 0 Å². The standard InChI is InChI=1S/C33H27Cl3N10O/c34-21-14-12-20(13-15-21)30-19-26(39-43(30)27-17-16-22(35)18-23(27)36)33(47)40-46-31(44-28-8-3-1-6-24(28)37-41-44)10-5-11-32(46)45-29-9-4-2-7-25(29)38-42-45/h1-4,6-9,12-18,30-32H,5,10-11,19H2,(H,40,47). The van der Waals surface area contributed by atoms with E-state index >= 15 is 0 Å². The molecule has 0 saturated carbocycles. The summed E-state index contributed by atoms with van der Waals surface area (Å²) >= 11 is 19.1. The highest BCUT2D eigenvalue weighted by Crippen LogP contribution is 2.41. The molecule has 0 spiro atoms. The average Bonchev–Trinajstić information content (AvgIpc) is 3.83. The van der Waals surface area contributed by atoms with Gasteiger partial charge < -0.3 is 0 Å². The molecule has 0 aliphatic carbocycles. The van der Waals surface area contributed by atoms with Gasteiger partial charge in [0, 0.05) is 16.5 Å². The minimum absolute atomic E-state index is 0.307. The molecule has 1 amide bonds. The highest BCUT2D eigenvalue weighted by Gasteiger charge is 2.40. The molecule has 47 heavy (non-hydrogen) atoms. The lowest BCUT2D eigenvalue weighted by Crippen LogP contribution is -2.53. The molecule has 2 aliphatic rings. The zero-order valence-corrected chi connectivity index (χ0v) is 27.1. The fraction of sp³-hybridized carbons (Fsp3) is 0.212. The quantitative estimate of drug-likeness (QED) is 0.195. The maximum Gasteiger partial charge on any atom is 0.282 e. The number of aromatic nitrogens is 6. The molecule has 0 bridgehead atoms. The van der Waals surface area contributed by atoms with E-state index in [1.54, 1.807) is 23.2 Å². The Morgan fingerprint density at radius 2 is 1.34 bits per heavy atom. The predicted octanol–water partition coefficient (Wildman–Crippen LogP) is 7.36. The molecule has 2 aliphatic heterocycles. The summed E-state index contributed by atoms with van der Waals surface area (Å²) in [7, 11) is 0. The number of nitrogens with one attached hydrogen (secondary N) is 1. The zero-order chi connectivity index (χ0) is 32.1. The van der Waals surface area contributed by atoms with Crippen molar-refractivity contribution in [2.45, 2.75) is 44.1 Å². The fourth-order valence-corrected chi connectivity index (χ4v) is 7.09. The largest absolute Gasteiger partial charge is 0.282 e. The van der Waals surface area contributed by atoms with Crippen LogP contribution < -0.4 is 10.4 Å². The number of hydrogen-bond donors (Lipinski definition) is 1. The minimum Gasteiger partial charge on any atom is -0.280 e. The summed E-state index contributed by atoms with van der Waals surface area (Å²) in [5.74, 6) is -0.345. The summed E-state index contributed by atoms with van der Waals surface area (Å²) in [6, 6.07) is 28.0. The smallest absolute Gasteiger partial charge is 0.280 e. The topological polar surface area (TPSA) is 109 Å². The third-order valence-electron chi connectivity index (χ3n) is 8.70. The molecule has 1 saturated heterocycles. The Bertz CT molecular complexity index is 2060. The lowest BCUT2D eigenvalue weighted by molar-refractivity contribution is -0.129. The van der Waals surface area contributed by atoms with Crippen molar-refractivity contribution in [2.75, 3.05) is 5.01 Å². The third-order valence-corrected chi connectivity index (χ3v) is 9.49. The summed E-state index contributed by atoms with van der Waals surface area (Å²) in [4.78, 5) is 14.3. The SMILES string of the molecule is O=C(NN1C(n2nnc3ccccc32)CCCC1n1nnc2ccccc21)C1=NN(c2ccc(Cl)cc2Cl)C(c2ccc(Cl)cc2)C1. The molecule has 3 atom stereocenters. The molecule has 4 heterocycles. The number of hydrazone groups is 1. The van der Waals surface area contributed by atoms with Gasteiger partial charge in [0.25, 0.3) is 5.91 Å². The number of amides is 1. The second-order valence-corrected chi connectivity index (χ2v) is 12.8. The number of benzene rings is 4. The molecule has 11 nitrogen and oxygen atoms in total. The van der Waals surface area contributed by atoms with Crippen LogP contribution in [0.5, 0.6) is 0 Å². The van der Waals surface area contributed by atoms with Gasteiger partial charge in [-0.25, -0.2) is 9.36 Å². The Morgan fingerprint density at radius 1 is 0.745 bits per heavy atom. The summed E-state index contributed by atoms with van der Waals surface area (Å²) in [6.45, 7) is 0. The number of hydrogen-bond acceptors (Lipinski definition) is 8. The number of rotatable bonds is 6. The predicted molar refractivity (Wildman–Crippen MR) is 182 cm³/mol. The number of nitrogens with zero attached hydrogens (tertiary/aromatic N) is 9. The van der Waals surface area contributed by atoms with E-state index in [0.717, 1.165) is 46.9 Å². The Labute approximate surface area is 284 Å². The Kier molecular flexibility index (Phi) is 7.76. The molecule has 1 fully saturated rings. The van der Waals surface area contributed by atoms with Crippen molar-refractivity contribution in [1.29, 1.82) is 0 Å². The van der Waals surface area contributed by atoms with Crippen molar-refractivity contribution in [1.82, 2.24) is 40.4 Å². The summed E-state index contributed by atoms with van der Waals surface area (Å²) in [5.41, 5.74) is 8.41. The van der Waals surface area contributed by atoms with Crippen molar-refractivity contribution in [3.05, 3.63) is 112 Å². The first-order valence-corrected chi connectivity index (χ1v) is 16.3. The second kappa shape index (κ2) is 12.2. The van der Waals surface area contributed by atoms with Crippen LogP contribution in [0.4, 0.5) is 5.69 Å². The van der Waals surface area contributed by atoms with E-state index in [4.69, 9.17) is 39.9 Å². The molecular weight excluding hydrogens is 659 g/mol. The van der Waals surface area contributed by atoms with Crippen LogP contribution in [0.1, 0.15) is 49.6 Å². The molecule has 8 rings (SSSR count). The van der Waals surface area contributed by atoms with Gasteiger partial charge in [-0.05, 0) is 79.4 Å². The lowest BCUT2D eigenvalue weighted by atomic mass is 10.0. The highest BCUT2D eigenvalue weighted by molar-refractivity contribution is 6.40. The van der Waals surface area contributed by atoms with Crippen LogP contribution in [0.3, 0.4) is 0 Å². The zero-order valence-electron chi connectivity index (χ0n) is 24.8. The van der Waals surface area contributed by atoms with E-state index in [-0.39, 0.29) is 24.3 Å². The van der Waals surface area contributed by atoms with Crippen molar-refractivity contribution in [3.63, 3.8) is 0 Å². The summed E-state index contributed by atoms with van der Waals surface area (Å²) < 4.78 is 3.74. The number of anilines is 1. The van der Waals surface area contributed by atoms with Gasteiger partial charge in [-0.2, -0.15) is 10.1 Å². The van der Waals surface area contributed by atoms with Crippen molar-refractivity contribution >= 4 is 74.2 Å². The van der Waals surface area contributed by atoms with Crippen molar-refractivity contribution in [3.8, 4) is 0 Å². The number of halogens is 3. The van der Waals surface area contributed by atoms with E-state index in [2.05, 4.69) is 26.0 Å². The monoisotopic (exact) mass is 684 g/mol. The fourth-order valence-electron chi connectivity index (χ4n) is 6.47. The van der Waals surface area contributed by atoms with Crippen LogP contribution in [0.25, 0.3) is 22.1 Å². The molecule has 0 radical (unpaired) electrons. The van der Waals surface area contributed by atoms with Gasteiger partial charge in [0.2, 0.25) is 0 Å². The van der Waals surface area contributed by atoms with Gasteiger partial charge in [0.05, 0.1) is 27.8 Å². The van der Waals surface area contributed by atoms with E-state index in [1.165, 1.54) is 0 Å². The van der Waals surface area contributed by atoms with Crippen LogP contribution in [0.2, 0.25) is 15.1 Å². The van der Waals surface area contributed by atoms with E-state index in [9.17, 15) is 4.79 Å². The van der Waals surface area contributed by atoms with Crippen LogP contribution in [0, 0.1) is 0 Å². The van der Waals surface area contributed by atoms with Crippen LogP contribution >= 0.6 is 34.8 Å². The van der Waals surface area contributed by atoms with Gasteiger partial charge in [-0.3, -0.25) is 15.2 Å². The average molecular weight is 686 g/mol. The van der Waals surface area contributed by atoms with Crippen LogP contribution in [-0.2, 0) is 4.79 Å². The molecule has 6 aromatic rings. The first-order chi connectivity index (χ1) is 22.9. The lowest BCUT2D eigenvalue weighted by Gasteiger charge is -2.41. The number of para-hydroxylation sites is 2. The van der Waals surface area contributed by atoms with Gasteiger partial charge >= 0.3 is 0 Å². The molecule has 14 heteroatoms. The van der Waals surface area contributed by atoms with Gasteiger partial charge in [0.1, 0.15) is 29.1 Å². The first kappa shape index (κ1) is 29.8. The summed E-state index contributed by atoms with van der Waals surface area (Å²) in [6.07, 6.45) is 1.93. The molecule has 2 aromatic heterocycles. The Morgan fingerprint density at radius 3 is 1.96 bits per heavy atom. The maximum absolute atomic E-state index is 14.3. The van der Waals surface area contributed by atoms with E-state index < -0.39 is 0 Å². The molecule has 3 unspecified atom stereocenters. The number of piperidine rings is 1. The van der Waals surface area contributed by atoms with E-state index in [0.29, 0.717) is 32.9 Å². The van der Waals surface area contributed by atoms with E-state index in [1.807, 2.05) is 87.2 Å². The second-order valence-electron chi connectivity index (χ2n) is 11.5. The third kappa shape index (κ3) is 5.48. The first-order valence-electron chi connectivity index (χ1n) is 15.2. The van der Waals surface area contributed by atoms with Crippen LogP contribution in [0.15, 0.2) is 96.1 Å². The number of hydrazine groups is 1. The Balaban J connectivity index is 1.18. The summed E-state index contributed by atoms with van der Waals surface area (Å²) in [5, 5.41) is 28.0. The molecule has 236 valence electrons. The number of carbonyl (C=O) groups is 1. The highest BCUT2D eigenvalue weighted by atomic mass is 35.5. The number of fused-ring (bicyclic) bond motifs is 2. The molecular formula is C33H27Cl3N10O. The van der Waals surface area contributed by atoms with Crippen molar-refractivity contribution < 1.29 is 4.79 Å². The molecule has 4 aromatic carbocycles. The normalized spacial score (nSPS) is 20.2. The Hall–Kier alpha value is -4.55. The van der Waals surface area contributed by atoms with Gasteiger partial charge in [-0.15, -0.1) is 10.2 Å². The molecule has 1 N–H and O–H groups in total. The minimum atomic E-state index is -0.357. The van der Waals surface area contributed by atoms with Crippen LogP contribution in [-0.4, -0.2) is 46.6 Å². The maximum atomic E-state index is 14.3.